The molecule has 0 radical (unpaired) electrons. The van der Waals surface area contributed by atoms with Crippen molar-refractivity contribution in [3.05, 3.63) is 120 Å². The van der Waals surface area contributed by atoms with Crippen LogP contribution in [0.5, 0.6) is 0 Å². The Morgan fingerprint density at radius 2 is 1.48 bits per heavy atom. The van der Waals surface area contributed by atoms with Crippen LogP contribution >= 0.6 is 0 Å². The van der Waals surface area contributed by atoms with E-state index in [1.54, 1.807) is 6.08 Å². The van der Waals surface area contributed by atoms with Crippen LogP contribution in [0.25, 0.3) is 0 Å². The summed E-state index contributed by atoms with van der Waals surface area (Å²) >= 11 is 0. The molecule has 2 nitrogen and oxygen atoms in total. The van der Waals surface area contributed by atoms with Gasteiger partial charge in [0.15, 0.2) is 0 Å². The molecule has 134 valence electrons. The van der Waals surface area contributed by atoms with E-state index in [9.17, 15) is 0 Å². The van der Waals surface area contributed by atoms with Crippen molar-refractivity contribution >= 4 is 5.71 Å². The van der Waals surface area contributed by atoms with Gasteiger partial charge in [0.1, 0.15) is 6.04 Å². The van der Waals surface area contributed by atoms with Gasteiger partial charge < -0.3 is 4.74 Å². The Balaban J connectivity index is 1.81. The Morgan fingerprint density at radius 1 is 0.889 bits per heavy atom. The molecule has 2 heteroatoms. The van der Waals surface area contributed by atoms with E-state index in [0.717, 1.165) is 23.3 Å². The van der Waals surface area contributed by atoms with Crippen LogP contribution in [0.15, 0.2) is 103 Å². The van der Waals surface area contributed by atoms with Crippen LogP contribution in [-0.2, 0) is 11.2 Å². The average molecular weight is 353 g/mol. The van der Waals surface area contributed by atoms with Gasteiger partial charge in [-0.25, -0.2) is 0 Å². The molecule has 0 N–H and O–H groups in total. The molecule has 27 heavy (non-hydrogen) atoms. The topological polar surface area (TPSA) is 21.6 Å². The van der Waals surface area contributed by atoms with Crippen LogP contribution < -0.4 is 0 Å². The summed E-state index contributed by atoms with van der Waals surface area (Å²) < 4.78 is 6.09. The largest absolute Gasteiger partial charge is 0.371 e. The van der Waals surface area contributed by atoms with E-state index in [4.69, 9.17) is 9.73 Å². The molecule has 0 unspecified atom stereocenters. The standard InChI is InChI=1S/C25H23NO/c1-2-17-27-23-18-21-15-9-10-16-22(21)25(23)26-24(19-11-5-3-6-12-19)20-13-7-4-8-14-20/h2-16,23,25H,1,17-18H2/t23-,25-/m1/s1. The highest BCUT2D eigenvalue weighted by atomic mass is 16.5. The number of ether oxygens (including phenoxy) is 1. The van der Waals surface area contributed by atoms with Gasteiger partial charge in [-0.15, -0.1) is 6.58 Å². The molecule has 0 saturated heterocycles. The van der Waals surface area contributed by atoms with Crippen LogP contribution in [0, 0.1) is 0 Å². The van der Waals surface area contributed by atoms with Gasteiger partial charge in [-0.05, 0) is 11.1 Å². The lowest BCUT2D eigenvalue weighted by atomic mass is 10.0. The van der Waals surface area contributed by atoms with E-state index in [1.165, 1.54) is 11.1 Å². The van der Waals surface area contributed by atoms with E-state index in [0.29, 0.717) is 6.61 Å². The van der Waals surface area contributed by atoms with Gasteiger partial charge in [0.2, 0.25) is 0 Å². The van der Waals surface area contributed by atoms with Gasteiger partial charge in [0, 0.05) is 17.5 Å². The Labute approximate surface area is 160 Å². The normalized spacial score (nSPS) is 17.9. The molecule has 0 bridgehead atoms. The number of aliphatic imine (C=N–C) groups is 1. The Bertz CT molecular complexity index is 889. The predicted octanol–water partition coefficient (Wildman–Crippen LogP) is 5.39. The zero-order chi connectivity index (χ0) is 18.5. The summed E-state index contributed by atoms with van der Waals surface area (Å²) in [5.41, 5.74) is 5.83. The summed E-state index contributed by atoms with van der Waals surface area (Å²) in [5, 5.41) is 0. The third-order valence-corrected chi connectivity index (χ3v) is 4.94. The highest BCUT2D eigenvalue weighted by Crippen LogP contribution is 2.37. The summed E-state index contributed by atoms with van der Waals surface area (Å²) in [6, 6.07) is 29.3. The van der Waals surface area contributed by atoms with Crippen molar-refractivity contribution in [2.75, 3.05) is 6.61 Å². The highest BCUT2D eigenvalue weighted by molar-refractivity contribution is 6.13. The lowest BCUT2D eigenvalue weighted by Crippen LogP contribution is -2.19. The van der Waals surface area contributed by atoms with Crippen LogP contribution in [-0.4, -0.2) is 18.4 Å². The SMILES string of the molecule is C=CCO[C@@H]1Cc2ccccc2[C@H]1N=C(c1ccccc1)c1ccccc1. The van der Waals surface area contributed by atoms with Crippen LogP contribution in [0.1, 0.15) is 28.3 Å². The van der Waals surface area contributed by atoms with E-state index in [2.05, 4.69) is 79.4 Å². The van der Waals surface area contributed by atoms with Gasteiger partial charge >= 0.3 is 0 Å². The first-order valence-corrected chi connectivity index (χ1v) is 9.36. The maximum absolute atomic E-state index is 6.09. The minimum atomic E-state index is -0.0171. The monoisotopic (exact) mass is 353 g/mol. The van der Waals surface area contributed by atoms with Crippen LogP contribution in [0.4, 0.5) is 0 Å². The fraction of sp³-hybridized carbons (Fsp3) is 0.160. The maximum atomic E-state index is 6.09. The van der Waals surface area contributed by atoms with Gasteiger partial charge in [-0.3, -0.25) is 4.99 Å². The minimum absolute atomic E-state index is 0.0171. The van der Waals surface area contributed by atoms with Gasteiger partial charge in [0.25, 0.3) is 0 Å². The van der Waals surface area contributed by atoms with Crippen molar-refractivity contribution in [2.24, 2.45) is 4.99 Å². The molecule has 0 amide bonds. The van der Waals surface area contributed by atoms with Crippen molar-refractivity contribution in [1.82, 2.24) is 0 Å². The molecule has 3 aromatic rings. The number of fused-ring (bicyclic) bond motifs is 1. The Morgan fingerprint density at radius 3 is 2.11 bits per heavy atom. The first kappa shape index (κ1) is 17.4. The van der Waals surface area contributed by atoms with Gasteiger partial charge in [-0.1, -0.05) is 91.0 Å². The fourth-order valence-electron chi connectivity index (χ4n) is 3.68. The van der Waals surface area contributed by atoms with E-state index >= 15 is 0 Å². The molecule has 0 aliphatic heterocycles. The van der Waals surface area contributed by atoms with Crippen LogP contribution in [0.2, 0.25) is 0 Å². The lowest BCUT2D eigenvalue weighted by molar-refractivity contribution is 0.0644. The molecule has 0 spiro atoms. The quantitative estimate of drug-likeness (QED) is 0.430. The molecule has 1 aliphatic carbocycles. The Kier molecular flexibility index (Phi) is 5.27. The minimum Gasteiger partial charge on any atom is -0.371 e. The molecule has 0 aromatic heterocycles. The van der Waals surface area contributed by atoms with E-state index < -0.39 is 0 Å². The predicted molar refractivity (Wildman–Crippen MR) is 111 cm³/mol. The summed E-state index contributed by atoms with van der Waals surface area (Å²) in [7, 11) is 0. The summed E-state index contributed by atoms with van der Waals surface area (Å²) in [6.45, 7) is 4.33. The maximum Gasteiger partial charge on any atom is 0.102 e. The first-order chi connectivity index (χ1) is 13.4. The zero-order valence-corrected chi connectivity index (χ0v) is 15.3. The number of nitrogens with zero attached hydrogens (tertiary/aromatic N) is 1. The summed E-state index contributed by atoms with van der Waals surface area (Å²) in [6.07, 6.45) is 2.72. The Hall–Kier alpha value is -2.97. The van der Waals surface area contributed by atoms with Crippen molar-refractivity contribution in [2.45, 2.75) is 18.6 Å². The number of hydrogen-bond donors (Lipinski definition) is 0. The summed E-state index contributed by atoms with van der Waals surface area (Å²) in [4.78, 5) is 5.25. The van der Waals surface area contributed by atoms with Crippen molar-refractivity contribution < 1.29 is 4.74 Å². The van der Waals surface area contributed by atoms with Crippen molar-refractivity contribution in [3.63, 3.8) is 0 Å². The molecule has 3 aromatic carbocycles. The molecule has 2 atom stereocenters. The third kappa shape index (κ3) is 3.76. The number of hydrogen-bond acceptors (Lipinski definition) is 2. The molecular formula is C25H23NO. The second-order valence-corrected chi connectivity index (χ2v) is 6.72. The van der Waals surface area contributed by atoms with Gasteiger partial charge in [-0.2, -0.15) is 0 Å². The molecule has 1 aliphatic rings. The number of rotatable bonds is 6. The molecule has 0 fully saturated rings. The average Bonchev–Trinajstić information content (AvgIpc) is 3.09. The molecule has 0 saturated carbocycles. The third-order valence-electron chi connectivity index (χ3n) is 4.94. The second kappa shape index (κ2) is 8.15. The molecule has 4 rings (SSSR count). The van der Waals surface area contributed by atoms with E-state index in [-0.39, 0.29) is 12.1 Å². The fourth-order valence-corrected chi connectivity index (χ4v) is 3.68. The summed E-state index contributed by atoms with van der Waals surface area (Å²) in [5.74, 6) is 0. The smallest absolute Gasteiger partial charge is 0.102 e. The molecule has 0 heterocycles. The highest BCUT2D eigenvalue weighted by Gasteiger charge is 2.33. The van der Waals surface area contributed by atoms with Crippen molar-refractivity contribution in [3.8, 4) is 0 Å². The first-order valence-electron chi connectivity index (χ1n) is 9.36. The number of benzene rings is 3. The van der Waals surface area contributed by atoms with Gasteiger partial charge in [0.05, 0.1) is 18.4 Å². The lowest BCUT2D eigenvalue weighted by Gasteiger charge is -2.19. The second-order valence-electron chi connectivity index (χ2n) is 6.72. The van der Waals surface area contributed by atoms with Crippen molar-refractivity contribution in [1.29, 1.82) is 0 Å². The van der Waals surface area contributed by atoms with E-state index in [1.807, 2.05) is 12.1 Å². The molecular weight excluding hydrogens is 330 g/mol. The van der Waals surface area contributed by atoms with Crippen LogP contribution in [0.3, 0.4) is 0 Å². The zero-order valence-electron chi connectivity index (χ0n) is 15.3.